The number of pyridine rings is 1. The Morgan fingerprint density at radius 2 is 1.61 bits per heavy atom. The average Bonchev–Trinajstić information content (AvgIpc) is 2.79. The second-order valence-electron chi connectivity index (χ2n) is 9.97. The van der Waals surface area contributed by atoms with Gasteiger partial charge in [0.15, 0.2) is 0 Å². The van der Waals surface area contributed by atoms with Gasteiger partial charge in [0, 0.05) is 19.2 Å². The largest absolute Gasteiger partial charge is 0.444 e. The van der Waals surface area contributed by atoms with E-state index in [1.807, 2.05) is 12.1 Å². The van der Waals surface area contributed by atoms with Crippen molar-refractivity contribution in [2.75, 3.05) is 22.5 Å². The number of likely N-dealkylation sites (tertiary alicyclic amines) is 1. The summed E-state index contributed by atoms with van der Waals surface area (Å²) in [6.45, 7) is 9.21. The summed E-state index contributed by atoms with van der Waals surface area (Å²) in [6.07, 6.45) is 2.37. The van der Waals surface area contributed by atoms with Crippen molar-refractivity contribution in [1.29, 1.82) is 0 Å². The van der Waals surface area contributed by atoms with E-state index in [1.54, 1.807) is 43.9 Å². The quantitative estimate of drug-likeness (QED) is 0.542. The average molecular weight is 496 g/mol. The summed E-state index contributed by atoms with van der Waals surface area (Å²) in [4.78, 5) is 54.8. The van der Waals surface area contributed by atoms with Gasteiger partial charge in [0.1, 0.15) is 11.4 Å². The molecule has 1 aliphatic heterocycles. The molecule has 1 saturated heterocycles. The number of anilines is 3. The van der Waals surface area contributed by atoms with Gasteiger partial charge in [-0.25, -0.2) is 9.78 Å². The fourth-order valence-electron chi connectivity index (χ4n) is 3.98. The highest BCUT2D eigenvalue weighted by molar-refractivity contribution is 6.39. The normalized spacial score (nSPS) is 17.6. The lowest BCUT2D eigenvalue weighted by molar-refractivity contribution is -0.146. The van der Waals surface area contributed by atoms with E-state index in [-0.39, 0.29) is 23.7 Å². The van der Waals surface area contributed by atoms with Crippen LogP contribution in [0.2, 0.25) is 0 Å². The Bertz CT molecular complexity index is 1110. The van der Waals surface area contributed by atoms with Crippen molar-refractivity contribution in [2.45, 2.75) is 59.1 Å². The minimum absolute atomic E-state index is 0.161. The summed E-state index contributed by atoms with van der Waals surface area (Å²) < 4.78 is 5.19. The number of rotatable bonds is 4. The van der Waals surface area contributed by atoms with E-state index in [4.69, 9.17) is 4.74 Å². The van der Waals surface area contributed by atoms with E-state index in [2.05, 4.69) is 27.9 Å². The molecule has 2 heterocycles. The highest BCUT2D eigenvalue weighted by Crippen LogP contribution is 2.34. The smallest absolute Gasteiger partial charge is 0.413 e. The Hall–Kier alpha value is -3.95. The standard InChI is InChI=1S/C26H33N5O5/c1-16-6-12-21(18-7-9-19(10-8-18)28-17(2)32)31(15-16)24(34)23(33)29-20-11-13-22(27-14-20)30-25(35)36-26(3,4)5/h7-11,13-14,16,21H,6,12,15H2,1-5H3,(H,28,32)(H,29,33)(H,27,30,35)/t16-,21+/m0/s1. The molecule has 10 nitrogen and oxygen atoms in total. The van der Waals surface area contributed by atoms with Crippen molar-refractivity contribution in [3.05, 3.63) is 48.2 Å². The minimum atomic E-state index is -0.765. The predicted molar refractivity (Wildman–Crippen MR) is 136 cm³/mol. The summed E-state index contributed by atoms with van der Waals surface area (Å²) >= 11 is 0. The molecule has 192 valence electrons. The number of ether oxygens (including phenoxy) is 1. The van der Waals surface area contributed by atoms with Gasteiger partial charge in [0.2, 0.25) is 5.91 Å². The molecule has 36 heavy (non-hydrogen) atoms. The molecule has 0 saturated carbocycles. The van der Waals surface area contributed by atoms with Crippen LogP contribution < -0.4 is 16.0 Å². The number of benzene rings is 1. The van der Waals surface area contributed by atoms with Gasteiger partial charge >= 0.3 is 17.9 Å². The highest BCUT2D eigenvalue weighted by atomic mass is 16.6. The molecule has 3 N–H and O–H groups in total. The first-order valence-corrected chi connectivity index (χ1v) is 11.9. The van der Waals surface area contributed by atoms with Crippen LogP contribution in [0.5, 0.6) is 0 Å². The molecule has 10 heteroatoms. The predicted octanol–water partition coefficient (Wildman–Crippen LogP) is 4.33. The highest BCUT2D eigenvalue weighted by Gasteiger charge is 2.34. The van der Waals surface area contributed by atoms with E-state index in [1.165, 1.54) is 19.2 Å². The summed E-state index contributed by atoms with van der Waals surface area (Å²) in [7, 11) is 0. The van der Waals surface area contributed by atoms with E-state index >= 15 is 0 Å². The first-order chi connectivity index (χ1) is 16.9. The van der Waals surface area contributed by atoms with Crippen LogP contribution in [0.15, 0.2) is 42.6 Å². The summed E-state index contributed by atoms with van der Waals surface area (Å²) in [6, 6.07) is 10.1. The molecule has 1 aromatic carbocycles. The van der Waals surface area contributed by atoms with Crippen molar-refractivity contribution in [1.82, 2.24) is 9.88 Å². The van der Waals surface area contributed by atoms with Crippen molar-refractivity contribution in [3.8, 4) is 0 Å². The van der Waals surface area contributed by atoms with Gasteiger partial charge in [-0.15, -0.1) is 0 Å². The number of hydrogen-bond acceptors (Lipinski definition) is 6. The van der Waals surface area contributed by atoms with Gasteiger partial charge in [0.05, 0.1) is 17.9 Å². The Labute approximate surface area is 210 Å². The van der Waals surface area contributed by atoms with E-state index in [0.717, 1.165) is 18.4 Å². The first kappa shape index (κ1) is 26.7. The van der Waals surface area contributed by atoms with Gasteiger partial charge in [-0.05, 0) is 69.4 Å². The van der Waals surface area contributed by atoms with Crippen LogP contribution in [-0.2, 0) is 19.1 Å². The maximum absolute atomic E-state index is 13.2. The van der Waals surface area contributed by atoms with Crippen molar-refractivity contribution in [3.63, 3.8) is 0 Å². The molecule has 1 aliphatic rings. The third kappa shape index (κ3) is 7.53. The van der Waals surface area contributed by atoms with E-state index in [9.17, 15) is 19.2 Å². The van der Waals surface area contributed by atoms with Gasteiger partial charge in [0.25, 0.3) is 0 Å². The number of carbonyl (C=O) groups is 4. The zero-order chi connectivity index (χ0) is 26.5. The molecule has 0 unspecified atom stereocenters. The van der Waals surface area contributed by atoms with Gasteiger partial charge in [-0.1, -0.05) is 19.1 Å². The second-order valence-corrected chi connectivity index (χ2v) is 9.97. The second kappa shape index (κ2) is 11.2. The van der Waals surface area contributed by atoms with Crippen LogP contribution in [0.4, 0.5) is 22.0 Å². The molecular weight excluding hydrogens is 462 g/mol. The van der Waals surface area contributed by atoms with Crippen LogP contribution >= 0.6 is 0 Å². The molecule has 0 bridgehead atoms. The van der Waals surface area contributed by atoms with Crippen molar-refractivity contribution < 1.29 is 23.9 Å². The molecule has 1 fully saturated rings. The maximum atomic E-state index is 13.2. The Kier molecular flexibility index (Phi) is 8.29. The molecule has 0 radical (unpaired) electrons. The number of nitrogens with zero attached hydrogens (tertiary/aromatic N) is 2. The van der Waals surface area contributed by atoms with Crippen molar-refractivity contribution >= 4 is 41.0 Å². The van der Waals surface area contributed by atoms with E-state index in [0.29, 0.717) is 17.9 Å². The third-order valence-corrected chi connectivity index (χ3v) is 5.54. The molecule has 2 atom stereocenters. The lowest BCUT2D eigenvalue weighted by atomic mass is 9.89. The molecule has 4 amide bonds. The number of piperidine rings is 1. The molecule has 3 rings (SSSR count). The summed E-state index contributed by atoms with van der Waals surface area (Å²) in [5.41, 5.74) is 1.25. The monoisotopic (exact) mass is 495 g/mol. The van der Waals surface area contributed by atoms with Gasteiger partial charge < -0.3 is 20.3 Å². The topological polar surface area (TPSA) is 130 Å². The lowest BCUT2D eigenvalue weighted by Crippen LogP contribution is -2.46. The van der Waals surface area contributed by atoms with Crippen LogP contribution in [0, 0.1) is 5.92 Å². The lowest BCUT2D eigenvalue weighted by Gasteiger charge is -2.38. The zero-order valence-electron chi connectivity index (χ0n) is 21.3. The SMILES string of the molecule is CC(=O)Nc1ccc([C@H]2CC[C@H](C)CN2C(=O)C(=O)Nc2ccc(NC(=O)OC(C)(C)C)nc2)cc1. The number of hydrogen-bond donors (Lipinski definition) is 3. The number of aromatic nitrogens is 1. The minimum Gasteiger partial charge on any atom is -0.444 e. The van der Waals surface area contributed by atoms with Crippen molar-refractivity contribution in [2.24, 2.45) is 5.92 Å². The van der Waals surface area contributed by atoms with Gasteiger partial charge in [-0.3, -0.25) is 19.7 Å². The zero-order valence-corrected chi connectivity index (χ0v) is 21.3. The third-order valence-electron chi connectivity index (χ3n) is 5.54. The van der Waals surface area contributed by atoms with Crippen LogP contribution in [0.25, 0.3) is 0 Å². The van der Waals surface area contributed by atoms with Crippen LogP contribution in [0.1, 0.15) is 59.1 Å². The molecular formula is C26H33N5O5. The Morgan fingerprint density at radius 1 is 0.944 bits per heavy atom. The van der Waals surface area contributed by atoms with Crippen LogP contribution in [0.3, 0.4) is 0 Å². The molecule has 0 spiro atoms. The summed E-state index contributed by atoms with van der Waals surface area (Å²) in [5.74, 6) is -1.05. The fourth-order valence-corrected chi connectivity index (χ4v) is 3.98. The van der Waals surface area contributed by atoms with Crippen LogP contribution in [-0.4, -0.2) is 45.8 Å². The molecule has 2 aromatic rings. The number of nitrogens with one attached hydrogen (secondary N) is 3. The Morgan fingerprint density at radius 3 is 2.19 bits per heavy atom. The first-order valence-electron chi connectivity index (χ1n) is 11.9. The van der Waals surface area contributed by atoms with E-state index < -0.39 is 23.5 Å². The molecule has 0 aliphatic carbocycles. The Balaban J connectivity index is 1.66. The molecule has 1 aromatic heterocycles. The fraction of sp³-hybridized carbons (Fsp3) is 0.423. The maximum Gasteiger partial charge on any atom is 0.413 e. The van der Waals surface area contributed by atoms with Gasteiger partial charge in [-0.2, -0.15) is 0 Å². The number of amides is 4. The number of carbonyl (C=O) groups excluding carboxylic acids is 4. The summed E-state index contributed by atoms with van der Waals surface area (Å²) in [5, 5.41) is 7.83.